The highest BCUT2D eigenvalue weighted by atomic mass is 16.5. The van der Waals surface area contributed by atoms with Gasteiger partial charge < -0.3 is 9.84 Å². The van der Waals surface area contributed by atoms with E-state index in [4.69, 9.17) is 4.74 Å². The van der Waals surface area contributed by atoms with Crippen LogP contribution in [0.3, 0.4) is 0 Å². The second kappa shape index (κ2) is 6.77. The Hall–Kier alpha value is -0.860. The van der Waals surface area contributed by atoms with E-state index < -0.39 is 0 Å². The summed E-state index contributed by atoms with van der Waals surface area (Å²) in [4.78, 5) is 0. The molecule has 2 nitrogen and oxygen atoms in total. The molecule has 0 saturated heterocycles. The van der Waals surface area contributed by atoms with Gasteiger partial charge in [0.25, 0.3) is 0 Å². The number of ether oxygens (including phenoxy) is 1. The van der Waals surface area contributed by atoms with Gasteiger partial charge in [0.1, 0.15) is 0 Å². The fourth-order valence-corrected chi connectivity index (χ4v) is 2.55. The molecular weight excluding hydrogens is 212 g/mol. The molecule has 2 atom stereocenters. The molecule has 2 unspecified atom stereocenters. The normalized spacial score (nSPS) is 24.1. The molecule has 1 N–H and O–H groups in total. The third kappa shape index (κ3) is 4.49. The predicted octanol–water partition coefficient (Wildman–Crippen LogP) is 3.14. The van der Waals surface area contributed by atoms with Crippen LogP contribution in [0.25, 0.3) is 0 Å². The van der Waals surface area contributed by atoms with Crippen LogP contribution in [0.2, 0.25) is 0 Å². The van der Waals surface area contributed by atoms with Gasteiger partial charge in [0.2, 0.25) is 0 Å². The number of aliphatic hydroxyl groups is 1. The summed E-state index contributed by atoms with van der Waals surface area (Å²) in [5.74, 6) is 0.727. The largest absolute Gasteiger partial charge is 0.393 e. The molecule has 94 valence electrons. The second-order valence-corrected chi connectivity index (χ2v) is 5.01. The molecule has 0 amide bonds. The van der Waals surface area contributed by atoms with Gasteiger partial charge in [-0.1, -0.05) is 30.3 Å². The van der Waals surface area contributed by atoms with Gasteiger partial charge in [-0.25, -0.2) is 0 Å². The van der Waals surface area contributed by atoms with Crippen LogP contribution in [0.1, 0.15) is 37.7 Å². The first-order valence-electron chi connectivity index (χ1n) is 6.64. The van der Waals surface area contributed by atoms with E-state index in [2.05, 4.69) is 12.1 Å². The fourth-order valence-electron chi connectivity index (χ4n) is 2.55. The smallest absolute Gasteiger partial charge is 0.0716 e. The Balaban J connectivity index is 1.52. The highest BCUT2D eigenvalue weighted by Crippen LogP contribution is 2.28. The summed E-state index contributed by atoms with van der Waals surface area (Å²) in [5, 5.41) is 9.42. The summed E-state index contributed by atoms with van der Waals surface area (Å²) in [6.45, 7) is 1.55. The Bertz CT molecular complexity index is 310. The maximum absolute atomic E-state index is 9.42. The molecule has 1 aromatic rings. The summed E-state index contributed by atoms with van der Waals surface area (Å²) in [6.07, 6.45) is 5.47. The lowest BCUT2D eigenvalue weighted by atomic mass is 10.0. The van der Waals surface area contributed by atoms with Crippen molar-refractivity contribution < 1.29 is 9.84 Å². The average Bonchev–Trinajstić information content (AvgIpc) is 2.76. The van der Waals surface area contributed by atoms with Crippen molar-refractivity contribution in [3.8, 4) is 0 Å². The summed E-state index contributed by atoms with van der Waals surface area (Å²) < 4.78 is 5.64. The Labute approximate surface area is 104 Å². The van der Waals surface area contributed by atoms with Crippen LogP contribution in [0.15, 0.2) is 30.3 Å². The molecule has 0 aromatic heterocycles. The molecule has 1 fully saturated rings. The van der Waals surface area contributed by atoms with Crippen LogP contribution in [0, 0.1) is 5.92 Å². The van der Waals surface area contributed by atoms with Gasteiger partial charge in [0, 0.05) is 6.61 Å². The van der Waals surface area contributed by atoms with E-state index in [0.717, 1.165) is 31.8 Å². The van der Waals surface area contributed by atoms with E-state index in [-0.39, 0.29) is 6.10 Å². The van der Waals surface area contributed by atoms with E-state index in [0.29, 0.717) is 6.61 Å². The van der Waals surface area contributed by atoms with Gasteiger partial charge in [0.15, 0.2) is 0 Å². The molecule has 1 aromatic carbocycles. The third-order valence-corrected chi connectivity index (χ3v) is 3.53. The summed E-state index contributed by atoms with van der Waals surface area (Å²) in [5.41, 5.74) is 1.24. The van der Waals surface area contributed by atoms with Gasteiger partial charge in [-0.2, -0.15) is 0 Å². The zero-order chi connectivity index (χ0) is 11.9. The van der Waals surface area contributed by atoms with Crippen molar-refractivity contribution in [2.75, 3.05) is 6.61 Å². The minimum absolute atomic E-state index is 0.0368. The van der Waals surface area contributed by atoms with Crippen LogP contribution in [0.5, 0.6) is 0 Å². The minimum Gasteiger partial charge on any atom is -0.393 e. The molecule has 2 heteroatoms. The van der Waals surface area contributed by atoms with Gasteiger partial charge in [-0.15, -0.1) is 0 Å². The molecule has 0 spiro atoms. The average molecular weight is 234 g/mol. The lowest BCUT2D eigenvalue weighted by Crippen LogP contribution is -2.02. The molecule has 17 heavy (non-hydrogen) atoms. The number of aliphatic hydroxyl groups excluding tert-OH is 1. The first kappa shape index (κ1) is 12.6. The maximum atomic E-state index is 9.42. The molecule has 0 heterocycles. The van der Waals surface area contributed by atoms with Crippen molar-refractivity contribution in [3.63, 3.8) is 0 Å². The first-order chi connectivity index (χ1) is 8.34. The molecule has 0 radical (unpaired) electrons. The Morgan fingerprint density at radius 2 is 2.00 bits per heavy atom. The number of rotatable bonds is 6. The fraction of sp³-hybridized carbons (Fsp3) is 0.600. The van der Waals surface area contributed by atoms with Crippen molar-refractivity contribution in [2.24, 2.45) is 5.92 Å². The number of hydrogen-bond donors (Lipinski definition) is 1. The lowest BCUT2D eigenvalue weighted by molar-refractivity contribution is 0.113. The maximum Gasteiger partial charge on any atom is 0.0716 e. The van der Waals surface area contributed by atoms with Crippen molar-refractivity contribution >= 4 is 0 Å². The van der Waals surface area contributed by atoms with Gasteiger partial charge in [-0.3, -0.25) is 0 Å². The zero-order valence-corrected chi connectivity index (χ0v) is 10.3. The monoisotopic (exact) mass is 234 g/mol. The quantitative estimate of drug-likeness (QED) is 0.766. The Kier molecular flexibility index (Phi) is 5.02. The summed E-state index contributed by atoms with van der Waals surface area (Å²) >= 11 is 0. The standard InChI is InChI=1S/C15H22O2/c16-15-9-8-13(11-15)7-4-10-17-12-14-5-2-1-3-6-14/h1-3,5-6,13,15-16H,4,7-12H2. The predicted molar refractivity (Wildman–Crippen MR) is 68.7 cm³/mol. The number of hydrogen-bond acceptors (Lipinski definition) is 2. The van der Waals surface area contributed by atoms with E-state index in [1.54, 1.807) is 0 Å². The van der Waals surface area contributed by atoms with Crippen LogP contribution in [-0.4, -0.2) is 17.8 Å². The Morgan fingerprint density at radius 1 is 1.18 bits per heavy atom. The van der Waals surface area contributed by atoms with E-state index in [1.807, 2.05) is 18.2 Å². The molecule has 1 aliphatic rings. The lowest BCUT2D eigenvalue weighted by Gasteiger charge is -2.09. The van der Waals surface area contributed by atoms with E-state index >= 15 is 0 Å². The van der Waals surface area contributed by atoms with Crippen LogP contribution < -0.4 is 0 Å². The zero-order valence-electron chi connectivity index (χ0n) is 10.3. The van der Waals surface area contributed by atoms with Crippen LogP contribution in [-0.2, 0) is 11.3 Å². The molecule has 0 aliphatic heterocycles. The van der Waals surface area contributed by atoms with Crippen molar-refractivity contribution in [3.05, 3.63) is 35.9 Å². The first-order valence-corrected chi connectivity index (χ1v) is 6.64. The SMILES string of the molecule is OC1CCC(CCCOCc2ccccc2)C1. The third-order valence-electron chi connectivity index (χ3n) is 3.53. The van der Waals surface area contributed by atoms with Crippen molar-refractivity contribution in [1.29, 1.82) is 0 Å². The van der Waals surface area contributed by atoms with Crippen LogP contribution >= 0.6 is 0 Å². The number of benzene rings is 1. The topological polar surface area (TPSA) is 29.5 Å². The van der Waals surface area contributed by atoms with Crippen molar-refractivity contribution in [2.45, 2.75) is 44.8 Å². The van der Waals surface area contributed by atoms with Gasteiger partial charge >= 0.3 is 0 Å². The molecular formula is C15H22O2. The molecule has 1 saturated carbocycles. The molecule has 0 bridgehead atoms. The summed E-state index contributed by atoms with van der Waals surface area (Å²) in [7, 11) is 0. The summed E-state index contributed by atoms with van der Waals surface area (Å²) in [6, 6.07) is 10.3. The van der Waals surface area contributed by atoms with Crippen LogP contribution in [0.4, 0.5) is 0 Å². The molecule has 1 aliphatic carbocycles. The highest BCUT2D eigenvalue weighted by molar-refractivity contribution is 5.13. The van der Waals surface area contributed by atoms with Crippen molar-refractivity contribution in [1.82, 2.24) is 0 Å². The van der Waals surface area contributed by atoms with E-state index in [1.165, 1.54) is 18.4 Å². The molecule has 2 rings (SSSR count). The van der Waals surface area contributed by atoms with Gasteiger partial charge in [0.05, 0.1) is 12.7 Å². The van der Waals surface area contributed by atoms with Gasteiger partial charge in [-0.05, 0) is 43.6 Å². The minimum atomic E-state index is -0.0368. The Morgan fingerprint density at radius 3 is 2.71 bits per heavy atom. The van der Waals surface area contributed by atoms with E-state index in [9.17, 15) is 5.11 Å². The highest BCUT2D eigenvalue weighted by Gasteiger charge is 2.21. The second-order valence-electron chi connectivity index (χ2n) is 5.01.